The second-order valence-corrected chi connectivity index (χ2v) is 13.8. The lowest BCUT2D eigenvalue weighted by Gasteiger charge is -2.34. The van der Waals surface area contributed by atoms with Gasteiger partial charge in [-0.25, -0.2) is 4.98 Å². The molecule has 54 heavy (non-hydrogen) atoms. The minimum atomic E-state index is -0.546. The predicted octanol–water partition coefficient (Wildman–Crippen LogP) is 12.6. The Balaban J connectivity index is 1.10. The molecule has 8 aromatic carbocycles. The smallest absolute Gasteiger partial charge is 0.177 e. The number of hydrogen-bond donors (Lipinski definition) is 0. The zero-order chi connectivity index (χ0) is 35.6. The Hall–Kier alpha value is -7.17. The molecular weight excluding hydrogens is 661 g/mol. The van der Waals surface area contributed by atoms with Gasteiger partial charge in [0.1, 0.15) is 5.82 Å². The van der Waals surface area contributed by atoms with E-state index in [0.29, 0.717) is 23.0 Å². The fourth-order valence-corrected chi connectivity index (χ4v) is 8.71. The summed E-state index contributed by atoms with van der Waals surface area (Å²) in [6.07, 6.45) is 0. The number of imidazole rings is 1. The first kappa shape index (κ1) is 30.5. The van der Waals surface area contributed by atoms with Gasteiger partial charge in [0.05, 0.1) is 16.4 Å². The largest absolute Gasteiger partial charge is 0.449 e. The fourth-order valence-electron chi connectivity index (χ4n) is 8.71. The monoisotopic (exact) mass is 692 g/mol. The van der Waals surface area contributed by atoms with Crippen molar-refractivity contribution in [2.45, 2.75) is 5.41 Å². The van der Waals surface area contributed by atoms with Crippen LogP contribution in [0.15, 0.2) is 194 Å². The van der Waals surface area contributed by atoms with Gasteiger partial charge in [-0.05, 0) is 81.4 Å². The Labute approximate surface area is 313 Å². The first-order valence-electron chi connectivity index (χ1n) is 18.3. The van der Waals surface area contributed by atoms with Crippen LogP contribution in [0.5, 0.6) is 23.0 Å². The van der Waals surface area contributed by atoms with E-state index in [0.717, 1.165) is 44.8 Å². The molecule has 0 saturated carbocycles. The van der Waals surface area contributed by atoms with Crippen molar-refractivity contribution >= 4 is 11.0 Å². The average Bonchev–Trinajstić information content (AvgIpc) is 3.77. The van der Waals surface area contributed by atoms with Crippen LogP contribution in [-0.2, 0) is 5.41 Å². The molecular formula is C50H32N2O2. The number of rotatable bonds is 5. The van der Waals surface area contributed by atoms with Crippen LogP contribution in [0.2, 0.25) is 0 Å². The molecule has 0 spiro atoms. The molecule has 0 unspecified atom stereocenters. The van der Waals surface area contributed by atoms with Crippen molar-refractivity contribution in [1.82, 2.24) is 9.55 Å². The van der Waals surface area contributed by atoms with Crippen LogP contribution in [0.3, 0.4) is 0 Å². The molecule has 0 fully saturated rings. The second kappa shape index (κ2) is 11.9. The number of benzene rings is 8. The zero-order valence-electron chi connectivity index (χ0n) is 29.2. The van der Waals surface area contributed by atoms with Crippen LogP contribution in [0.4, 0.5) is 0 Å². The third kappa shape index (κ3) is 4.40. The van der Waals surface area contributed by atoms with Crippen LogP contribution in [0.25, 0.3) is 50.4 Å². The summed E-state index contributed by atoms with van der Waals surface area (Å²) >= 11 is 0. The summed E-state index contributed by atoms with van der Waals surface area (Å²) < 4.78 is 16.1. The molecule has 4 nitrogen and oxygen atoms in total. The third-order valence-corrected chi connectivity index (χ3v) is 11.0. The first-order chi connectivity index (χ1) is 26.8. The van der Waals surface area contributed by atoms with Gasteiger partial charge < -0.3 is 9.47 Å². The summed E-state index contributed by atoms with van der Waals surface area (Å²) in [4.78, 5) is 5.22. The normalized spacial score (nSPS) is 13.3. The predicted molar refractivity (Wildman–Crippen MR) is 216 cm³/mol. The molecule has 1 aliphatic carbocycles. The summed E-state index contributed by atoms with van der Waals surface area (Å²) in [6.45, 7) is 0. The van der Waals surface area contributed by atoms with E-state index in [1.807, 2.05) is 24.3 Å². The van der Waals surface area contributed by atoms with E-state index < -0.39 is 5.41 Å². The fraction of sp³-hybridized carbons (Fsp3) is 0.0200. The van der Waals surface area contributed by atoms with E-state index in [2.05, 4.69) is 174 Å². The summed E-state index contributed by atoms with van der Waals surface area (Å²) in [7, 11) is 0. The molecule has 0 amide bonds. The van der Waals surface area contributed by atoms with E-state index >= 15 is 0 Å². The molecule has 1 aromatic heterocycles. The Morgan fingerprint density at radius 2 is 1.00 bits per heavy atom. The van der Waals surface area contributed by atoms with E-state index in [-0.39, 0.29) is 0 Å². The molecule has 9 aromatic rings. The number of nitrogens with zero attached hydrogens (tertiary/aromatic N) is 2. The summed E-state index contributed by atoms with van der Waals surface area (Å²) in [6, 6.07) is 68.1. The van der Waals surface area contributed by atoms with Crippen LogP contribution in [0, 0.1) is 0 Å². The highest BCUT2D eigenvalue weighted by Gasteiger charge is 2.47. The van der Waals surface area contributed by atoms with Crippen molar-refractivity contribution in [1.29, 1.82) is 0 Å². The van der Waals surface area contributed by atoms with Crippen molar-refractivity contribution in [2.24, 2.45) is 0 Å². The number of ether oxygens (including phenoxy) is 2. The maximum absolute atomic E-state index is 7.06. The number of para-hydroxylation sites is 4. The highest BCUT2D eigenvalue weighted by molar-refractivity contribution is 5.92. The molecule has 0 radical (unpaired) electrons. The molecule has 254 valence electrons. The van der Waals surface area contributed by atoms with Gasteiger partial charge in [0.25, 0.3) is 0 Å². The first-order valence-corrected chi connectivity index (χ1v) is 18.3. The summed E-state index contributed by atoms with van der Waals surface area (Å²) in [5.74, 6) is 3.60. The van der Waals surface area contributed by atoms with Crippen LogP contribution in [0.1, 0.15) is 22.3 Å². The van der Waals surface area contributed by atoms with Gasteiger partial charge in [-0.15, -0.1) is 0 Å². The van der Waals surface area contributed by atoms with E-state index in [1.165, 1.54) is 27.8 Å². The second-order valence-electron chi connectivity index (χ2n) is 13.8. The summed E-state index contributed by atoms with van der Waals surface area (Å²) in [5, 5.41) is 0. The lowest BCUT2D eigenvalue weighted by molar-refractivity contribution is 0.360. The molecule has 4 heteroatoms. The molecule has 11 rings (SSSR count). The molecule has 0 saturated heterocycles. The molecule has 0 atom stereocenters. The minimum absolute atomic E-state index is 0.546. The zero-order valence-corrected chi connectivity index (χ0v) is 29.2. The average molecular weight is 693 g/mol. The lowest BCUT2D eigenvalue weighted by Crippen LogP contribution is -2.28. The van der Waals surface area contributed by atoms with Gasteiger partial charge in [0.15, 0.2) is 23.0 Å². The number of fused-ring (bicyclic) bond motifs is 6. The number of hydrogen-bond acceptors (Lipinski definition) is 3. The molecule has 0 bridgehead atoms. The van der Waals surface area contributed by atoms with Crippen molar-refractivity contribution in [3.63, 3.8) is 0 Å². The quantitative estimate of drug-likeness (QED) is 0.180. The van der Waals surface area contributed by atoms with E-state index in [1.54, 1.807) is 0 Å². The van der Waals surface area contributed by atoms with Gasteiger partial charge in [0.2, 0.25) is 0 Å². The van der Waals surface area contributed by atoms with Gasteiger partial charge in [-0.2, -0.15) is 0 Å². The van der Waals surface area contributed by atoms with E-state index in [9.17, 15) is 0 Å². The lowest BCUT2D eigenvalue weighted by atomic mass is 9.67. The Kier molecular flexibility index (Phi) is 6.73. The van der Waals surface area contributed by atoms with E-state index in [4.69, 9.17) is 14.5 Å². The molecule has 0 N–H and O–H groups in total. The van der Waals surface area contributed by atoms with Crippen LogP contribution in [-0.4, -0.2) is 9.55 Å². The van der Waals surface area contributed by atoms with Gasteiger partial charge in [-0.3, -0.25) is 4.57 Å². The minimum Gasteiger partial charge on any atom is -0.449 e. The topological polar surface area (TPSA) is 36.3 Å². The van der Waals surface area contributed by atoms with Crippen molar-refractivity contribution in [3.05, 3.63) is 216 Å². The highest BCUT2D eigenvalue weighted by atomic mass is 16.6. The Morgan fingerprint density at radius 1 is 0.407 bits per heavy atom. The van der Waals surface area contributed by atoms with Gasteiger partial charge >= 0.3 is 0 Å². The Bertz CT molecular complexity index is 2840. The van der Waals surface area contributed by atoms with Gasteiger partial charge in [-0.1, -0.05) is 152 Å². The molecule has 2 heterocycles. The van der Waals surface area contributed by atoms with Crippen molar-refractivity contribution in [3.8, 4) is 62.3 Å². The third-order valence-electron chi connectivity index (χ3n) is 11.0. The van der Waals surface area contributed by atoms with Crippen molar-refractivity contribution < 1.29 is 9.47 Å². The highest BCUT2D eigenvalue weighted by Crippen LogP contribution is 2.60. The van der Waals surface area contributed by atoms with Crippen LogP contribution < -0.4 is 9.47 Å². The number of aromatic nitrogens is 2. The molecule has 2 aliphatic rings. The maximum atomic E-state index is 7.06. The van der Waals surface area contributed by atoms with Gasteiger partial charge in [0, 0.05) is 16.8 Å². The SMILES string of the molecule is c1ccc(-n2c(-c3ccccc3-c3cccc4c3Oc3cc5c(cc3O4)-c3ccccc3C5(c3ccccc3)c3ccccc3)nc3ccccc32)cc1. The van der Waals surface area contributed by atoms with Crippen molar-refractivity contribution in [2.75, 3.05) is 0 Å². The Morgan fingerprint density at radius 3 is 1.76 bits per heavy atom. The van der Waals surface area contributed by atoms with Crippen LogP contribution >= 0.6 is 0 Å². The molecule has 1 aliphatic heterocycles. The standard InChI is InChI=1S/C50H32N2O2/c1-4-17-33(18-5-1)50(34-19-6-2-7-20-34)41-27-13-12-24-37(41)40-31-46-47(32-42(40)50)54-48-38(26-16-30-45(48)53-46)36-23-10-11-25-39(36)49-51-43-28-14-15-29-44(43)52(49)35-21-8-3-9-22-35/h1-32H. The maximum Gasteiger partial charge on any atom is 0.177 e. The summed E-state index contributed by atoms with van der Waals surface area (Å²) in [5.41, 5.74) is 12.6.